The number of halogens is 4. The summed E-state index contributed by atoms with van der Waals surface area (Å²) >= 11 is 0. The van der Waals surface area contributed by atoms with E-state index in [9.17, 15) is 22.4 Å². The molecular weight excluding hydrogens is 368 g/mol. The monoisotopic (exact) mass is 382 g/mol. The number of fused-ring (bicyclic) bond motifs is 2. The fourth-order valence-electron chi connectivity index (χ4n) is 3.29. The van der Waals surface area contributed by atoms with Gasteiger partial charge in [-0.15, -0.1) is 8.78 Å². The lowest BCUT2D eigenvalue weighted by Gasteiger charge is -2.30. The molecule has 0 spiro atoms. The molecule has 0 saturated heterocycles. The molecule has 0 aromatic heterocycles. The summed E-state index contributed by atoms with van der Waals surface area (Å²) in [5.74, 6) is -0.714. The molecule has 2 N–H and O–H groups in total. The van der Waals surface area contributed by atoms with Gasteiger partial charge in [0.25, 0.3) is 0 Å². The molecule has 0 fully saturated rings. The van der Waals surface area contributed by atoms with Gasteiger partial charge in [0.1, 0.15) is 5.75 Å². The number of hydrogen-bond acceptors (Lipinski definition) is 3. The van der Waals surface area contributed by atoms with Crippen molar-refractivity contribution in [2.45, 2.75) is 31.3 Å². The lowest BCUT2D eigenvalue weighted by Crippen LogP contribution is -2.41. The lowest BCUT2D eigenvalue weighted by atomic mass is 10.1. The Morgan fingerprint density at radius 1 is 1.04 bits per heavy atom. The third kappa shape index (κ3) is 3.55. The summed E-state index contributed by atoms with van der Waals surface area (Å²) in [7, 11) is 0. The zero-order valence-corrected chi connectivity index (χ0v) is 13.8. The number of rotatable bonds is 2. The smallest absolute Gasteiger partial charge is 0.409 e. The van der Waals surface area contributed by atoms with Crippen LogP contribution in [-0.2, 0) is 23.7 Å². The molecule has 0 atom stereocenters. The summed E-state index contributed by atoms with van der Waals surface area (Å²) < 4.78 is 61.1. The summed E-state index contributed by atoms with van der Waals surface area (Å²) in [5.41, 5.74) is 1.40. The Bertz CT molecular complexity index is 879. The second-order valence-electron chi connectivity index (χ2n) is 6.37. The van der Waals surface area contributed by atoms with E-state index in [1.165, 1.54) is 6.07 Å². The van der Waals surface area contributed by atoms with E-state index in [0.29, 0.717) is 12.8 Å². The van der Waals surface area contributed by atoms with Crippen LogP contribution in [0.3, 0.4) is 0 Å². The molecule has 9 heteroatoms. The zero-order valence-electron chi connectivity index (χ0n) is 13.8. The predicted molar refractivity (Wildman–Crippen MR) is 86.8 cm³/mol. The Morgan fingerprint density at radius 3 is 2.37 bits per heavy atom. The first-order chi connectivity index (χ1) is 12.7. The minimum atomic E-state index is -4.43. The molecule has 27 heavy (non-hydrogen) atoms. The number of hydrogen-bond donors (Lipinski definition) is 2. The normalized spacial score (nSPS) is 19.6. The van der Waals surface area contributed by atoms with Crippen LogP contribution >= 0.6 is 0 Å². The number of carbonyl (C=O) groups excluding carboxylic acids is 1. The second-order valence-corrected chi connectivity index (χ2v) is 6.37. The van der Waals surface area contributed by atoms with E-state index in [1.807, 2.05) is 24.3 Å². The number of carbonyl (C=O) groups is 1. The molecule has 2 amide bonds. The summed E-state index contributed by atoms with van der Waals surface area (Å²) in [5, 5.41) is 5.19. The number of alkyl halides is 4. The van der Waals surface area contributed by atoms with Crippen LogP contribution in [-0.4, -0.2) is 18.4 Å². The van der Waals surface area contributed by atoms with Crippen molar-refractivity contribution in [3.63, 3.8) is 0 Å². The van der Waals surface area contributed by atoms with Gasteiger partial charge in [-0.25, -0.2) is 9.53 Å². The highest BCUT2D eigenvalue weighted by atomic mass is 19.3. The van der Waals surface area contributed by atoms with Gasteiger partial charge in [-0.1, -0.05) is 24.3 Å². The van der Waals surface area contributed by atoms with E-state index < -0.39 is 29.7 Å². The van der Waals surface area contributed by atoms with E-state index in [4.69, 9.17) is 0 Å². The van der Waals surface area contributed by atoms with Crippen molar-refractivity contribution in [2.75, 3.05) is 5.32 Å². The number of nitrogens with one attached hydrogen (secondary N) is 2. The topological polar surface area (TPSA) is 59.6 Å². The molecule has 2 aromatic carbocycles. The van der Waals surface area contributed by atoms with Crippen molar-refractivity contribution in [2.24, 2.45) is 0 Å². The van der Waals surface area contributed by atoms with Crippen molar-refractivity contribution < 1.29 is 31.8 Å². The summed E-state index contributed by atoms with van der Waals surface area (Å²) in [6.07, 6.45) is -7.34. The van der Waals surface area contributed by atoms with Crippen LogP contribution in [0.5, 0.6) is 5.75 Å². The molecule has 2 aliphatic rings. The summed E-state index contributed by atoms with van der Waals surface area (Å²) in [4.78, 5) is 12.2. The molecular formula is C18H14F4N2O3. The molecule has 0 saturated carbocycles. The average Bonchev–Trinajstić information content (AvgIpc) is 2.96. The van der Waals surface area contributed by atoms with Crippen molar-refractivity contribution in [3.8, 4) is 5.75 Å². The second kappa shape index (κ2) is 6.12. The van der Waals surface area contributed by atoms with E-state index in [-0.39, 0.29) is 11.7 Å². The number of benzene rings is 2. The SMILES string of the molecule is O=C(Nc1ccc2c(c1)C(F)(F)OC(F)(F)O2)NC1Cc2ccccc2C1. The van der Waals surface area contributed by atoms with Crippen molar-refractivity contribution in [3.05, 3.63) is 59.2 Å². The van der Waals surface area contributed by atoms with Crippen molar-refractivity contribution in [1.29, 1.82) is 0 Å². The highest BCUT2D eigenvalue weighted by molar-refractivity contribution is 5.89. The zero-order chi connectivity index (χ0) is 19.2. The van der Waals surface area contributed by atoms with Crippen LogP contribution in [0, 0.1) is 0 Å². The Balaban J connectivity index is 1.44. The number of anilines is 1. The highest BCUT2D eigenvalue weighted by Crippen LogP contribution is 2.46. The molecule has 0 unspecified atom stereocenters. The van der Waals surface area contributed by atoms with Gasteiger partial charge in [0.2, 0.25) is 0 Å². The molecule has 2 aromatic rings. The van der Waals surface area contributed by atoms with Crippen LogP contribution in [0.25, 0.3) is 0 Å². The number of urea groups is 1. The van der Waals surface area contributed by atoms with E-state index >= 15 is 0 Å². The van der Waals surface area contributed by atoms with Crippen molar-refractivity contribution >= 4 is 11.7 Å². The molecule has 1 aliphatic carbocycles. The third-order valence-electron chi connectivity index (χ3n) is 4.41. The fourth-order valence-corrected chi connectivity index (χ4v) is 3.29. The van der Waals surface area contributed by atoms with Crippen LogP contribution in [0.1, 0.15) is 16.7 Å². The average molecular weight is 382 g/mol. The van der Waals surface area contributed by atoms with Gasteiger partial charge in [-0.2, -0.15) is 8.78 Å². The molecule has 0 bridgehead atoms. The van der Waals surface area contributed by atoms with Crippen LogP contribution < -0.4 is 15.4 Å². The first kappa shape index (κ1) is 17.6. The minimum absolute atomic E-state index is 0.00106. The van der Waals surface area contributed by atoms with Crippen molar-refractivity contribution in [1.82, 2.24) is 5.32 Å². The molecule has 4 rings (SSSR count). The van der Waals surface area contributed by atoms with Gasteiger partial charge in [-0.05, 0) is 42.2 Å². The maximum atomic E-state index is 13.8. The van der Waals surface area contributed by atoms with Crippen LogP contribution in [0.15, 0.2) is 42.5 Å². The standard InChI is InChI=1S/C18H14F4N2O3/c19-17(20)14-9-12(5-6-15(14)26-18(21,22)27-17)23-16(25)24-13-7-10-3-1-2-4-11(10)8-13/h1-6,9,13H,7-8H2,(H2,23,24,25). The summed E-state index contributed by atoms with van der Waals surface area (Å²) in [6, 6.07) is 10.1. The van der Waals surface area contributed by atoms with Gasteiger partial charge in [0.15, 0.2) is 0 Å². The molecule has 1 aliphatic heterocycles. The first-order valence-electron chi connectivity index (χ1n) is 8.15. The minimum Gasteiger partial charge on any atom is -0.409 e. The molecule has 1 heterocycles. The summed E-state index contributed by atoms with van der Waals surface area (Å²) in [6.45, 7) is 0. The Morgan fingerprint density at radius 2 is 1.70 bits per heavy atom. The highest BCUT2D eigenvalue weighted by Gasteiger charge is 2.54. The fraction of sp³-hybridized carbons (Fsp3) is 0.278. The van der Waals surface area contributed by atoms with Gasteiger partial charge in [0.05, 0.1) is 5.56 Å². The number of amides is 2. The van der Waals surface area contributed by atoms with Crippen LogP contribution in [0.2, 0.25) is 0 Å². The van der Waals surface area contributed by atoms with Gasteiger partial charge in [-0.3, -0.25) is 0 Å². The van der Waals surface area contributed by atoms with Gasteiger partial charge >= 0.3 is 18.4 Å². The Labute approximate surface area is 151 Å². The Hall–Kier alpha value is -2.81. The third-order valence-corrected chi connectivity index (χ3v) is 4.41. The quantitative estimate of drug-likeness (QED) is 0.773. The predicted octanol–water partition coefficient (Wildman–Crippen LogP) is 3.98. The van der Waals surface area contributed by atoms with Crippen LogP contribution in [0.4, 0.5) is 28.0 Å². The van der Waals surface area contributed by atoms with E-state index in [2.05, 4.69) is 20.1 Å². The van der Waals surface area contributed by atoms with E-state index in [0.717, 1.165) is 23.3 Å². The maximum Gasteiger partial charge on any atom is 0.540 e. The maximum absolute atomic E-state index is 13.8. The van der Waals surface area contributed by atoms with Gasteiger partial charge in [0, 0.05) is 11.7 Å². The first-order valence-corrected chi connectivity index (χ1v) is 8.15. The number of ether oxygens (including phenoxy) is 2. The van der Waals surface area contributed by atoms with E-state index in [1.54, 1.807) is 0 Å². The molecule has 0 radical (unpaired) electrons. The molecule has 142 valence electrons. The van der Waals surface area contributed by atoms with Gasteiger partial charge < -0.3 is 15.4 Å². The lowest BCUT2D eigenvalue weighted by molar-refractivity contribution is -0.461. The Kier molecular flexibility index (Phi) is 3.99. The largest absolute Gasteiger partial charge is 0.540 e. The molecule has 5 nitrogen and oxygen atoms in total.